The van der Waals surface area contributed by atoms with Gasteiger partial charge in [-0.05, 0) is 109 Å². The Bertz CT molecular complexity index is 2970. The fourth-order valence-corrected chi connectivity index (χ4v) is 11.1. The van der Waals surface area contributed by atoms with Gasteiger partial charge in [-0.3, -0.25) is 9.59 Å². The standard InChI is InChI=1S/C50H58F2N8O8S/c1-26(2)41(58-48(64)68-6)46(62)59(25-49(4)17-18-49)27(3)43-53-24-40(56-43)30-10-14-34-33-13-9-28(21-35(33)50(51,52)36(34)22-30)29-11-15-37-39(23-29)55-44(54-37)42-31-8-12-32(20-31)60(42)45(61)38(57-47(63)67-5)16-19-69(7,65)66/h9-11,13-15,21-24,26-27,31-32,38,41-42H,8,12,16-20,25H2,1-7H3,(H,53,56)(H,54,55)(H,57,63)(H,58,64)/t27-,31-,32+,38-,41-,42-/m0/s1. The van der Waals surface area contributed by atoms with E-state index in [-0.39, 0.29) is 52.5 Å². The van der Waals surface area contributed by atoms with Gasteiger partial charge in [0.2, 0.25) is 11.8 Å². The van der Waals surface area contributed by atoms with Crippen LogP contribution in [0.2, 0.25) is 0 Å². The Morgan fingerprint density at radius 3 is 2.19 bits per heavy atom. The molecule has 2 bridgehead atoms. The number of nitrogens with one attached hydrogen (secondary N) is 4. The van der Waals surface area contributed by atoms with Crippen LogP contribution in [-0.2, 0) is 34.8 Å². The number of carbonyl (C=O) groups excluding carboxylic acids is 4. The molecule has 4 amide bonds. The second kappa shape index (κ2) is 17.9. The SMILES string of the molecule is COC(=O)N[C@@H](CCS(C)(=O)=O)C(=O)N1[C@@H]2CC[C@@H](C2)[C@H]1c1nc2ccc(-c3ccc4c(c3)C(F)(F)c3cc(-c5cnc([C@H](C)N(CC6(C)CC6)C(=O)[C@@H](NC(=O)OC)C(C)C)[nH]5)ccc3-4)cc2[nH]1. The number of amides is 4. The Hall–Kier alpha value is -6.37. The molecule has 1 aliphatic heterocycles. The highest BCUT2D eigenvalue weighted by molar-refractivity contribution is 7.90. The molecular weight excluding hydrogens is 911 g/mol. The van der Waals surface area contributed by atoms with Crippen LogP contribution >= 0.6 is 0 Å². The first-order valence-corrected chi connectivity index (χ1v) is 25.5. The summed E-state index contributed by atoms with van der Waals surface area (Å²) in [4.78, 5) is 72.5. The number of hydrogen-bond acceptors (Lipinski definition) is 10. The van der Waals surface area contributed by atoms with Crippen molar-refractivity contribution in [1.82, 2.24) is 40.4 Å². The number of likely N-dealkylation sites (tertiary alicyclic amines) is 1. The van der Waals surface area contributed by atoms with Crippen LogP contribution < -0.4 is 10.6 Å². The molecule has 3 fully saturated rings. The van der Waals surface area contributed by atoms with E-state index in [1.165, 1.54) is 26.4 Å². The van der Waals surface area contributed by atoms with Crippen LogP contribution in [0, 0.1) is 17.3 Å². The summed E-state index contributed by atoms with van der Waals surface area (Å²) in [6.07, 6.45) is 5.32. The average Bonchev–Trinajstić information content (AvgIpc) is 3.91. The summed E-state index contributed by atoms with van der Waals surface area (Å²) in [7, 11) is -1.01. The molecule has 5 aromatic rings. The number of aromatic amines is 2. The molecule has 0 unspecified atom stereocenters. The third-order valence-electron chi connectivity index (χ3n) is 14.6. The Morgan fingerprint density at radius 2 is 1.54 bits per heavy atom. The van der Waals surface area contributed by atoms with Gasteiger partial charge in [0.1, 0.15) is 33.6 Å². The van der Waals surface area contributed by atoms with Gasteiger partial charge in [-0.1, -0.05) is 51.1 Å². The number of H-pyrrole nitrogens is 2. The number of piperidine rings is 1. The van der Waals surface area contributed by atoms with Crippen LogP contribution in [0.5, 0.6) is 0 Å². The number of aromatic nitrogens is 4. The number of fused-ring (bicyclic) bond motifs is 6. The summed E-state index contributed by atoms with van der Waals surface area (Å²) in [6, 6.07) is 12.5. The third kappa shape index (κ3) is 9.17. The van der Waals surface area contributed by atoms with Crippen molar-refractivity contribution in [1.29, 1.82) is 0 Å². The van der Waals surface area contributed by atoms with Crippen molar-refractivity contribution in [3.05, 3.63) is 83.6 Å². The Balaban J connectivity index is 0.952. The highest BCUT2D eigenvalue weighted by atomic mass is 32.2. The Labute approximate surface area is 399 Å². The lowest BCUT2D eigenvalue weighted by Gasteiger charge is -2.36. The van der Waals surface area contributed by atoms with Crippen molar-refractivity contribution < 1.29 is 45.9 Å². The number of sulfone groups is 1. The molecule has 4 aliphatic rings. The van der Waals surface area contributed by atoms with E-state index in [0.29, 0.717) is 62.7 Å². The minimum Gasteiger partial charge on any atom is -0.453 e. The predicted molar refractivity (Wildman–Crippen MR) is 254 cm³/mol. The summed E-state index contributed by atoms with van der Waals surface area (Å²) < 4.78 is 67.1. The molecule has 6 atom stereocenters. The van der Waals surface area contributed by atoms with Crippen molar-refractivity contribution in [2.45, 2.75) is 102 Å². The second-order valence-electron chi connectivity index (χ2n) is 20.0. The van der Waals surface area contributed by atoms with E-state index in [1.54, 1.807) is 34.2 Å². The molecule has 19 heteroatoms. The van der Waals surface area contributed by atoms with Crippen LogP contribution in [0.15, 0.2) is 60.8 Å². The van der Waals surface area contributed by atoms with Gasteiger partial charge in [0, 0.05) is 35.5 Å². The van der Waals surface area contributed by atoms with E-state index in [9.17, 15) is 27.6 Å². The van der Waals surface area contributed by atoms with Gasteiger partial charge in [-0.25, -0.2) is 28.0 Å². The normalized spacial score (nSPS) is 20.8. The van der Waals surface area contributed by atoms with Crippen molar-refractivity contribution in [2.75, 3.05) is 32.8 Å². The molecule has 366 valence electrons. The molecule has 0 spiro atoms. The zero-order valence-corrected chi connectivity index (χ0v) is 40.5. The van der Waals surface area contributed by atoms with Crippen molar-refractivity contribution in [3.8, 4) is 33.5 Å². The minimum absolute atomic E-state index is 0.0630. The lowest BCUT2D eigenvalue weighted by Crippen LogP contribution is -2.53. The first kappa shape index (κ1) is 47.7. The van der Waals surface area contributed by atoms with E-state index in [4.69, 9.17) is 14.5 Å². The smallest absolute Gasteiger partial charge is 0.407 e. The number of imidazole rings is 2. The number of halogens is 2. The molecular formula is C50H58F2N8O8S. The largest absolute Gasteiger partial charge is 0.453 e. The van der Waals surface area contributed by atoms with Gasteiger partial charge in [0.25, 0.3) is 5.92 Å². The van der Waals surface area contributed by atoms with Gasteiger partial charge < -0.3 is 39.9 Å². The number of carbonyl (C=O) groups is 4. The lowest BCUT2D eigenvalue weighted by atomic mass is 9.97. The van der Waals surface area contributed by atoms with Gasteiger partial charge in [-0.2, -0.15) is 8.78 Å². The van der Waals surface area contributed by atoms with E-state index >= 15 is 8.78 Å². The summed E-state index contributed by atoms with van der Waals surface area (Å²) in [5.74, 6) is -3.40. The number of nitrogens with zero attached hydrogens (tertiary/aromatic N) is 4. The monoisotopic (exact) mass is 968 g/mol. The fourth-order valence-electron chi connectivity index (χ4n) is 10.5. The lowest BCUT2D eigenvalue weighted by molar-refractivity contribution is -0.138. The van der Waals surface area contributed by atoms with Gasteiger partial charge in [0.15, 0.2) is 0 Å². The maximum Gasteiger partial charge on any atom is 0.407 e. The van der Waals surface area contributed by atoms with E-state index in [2.05, 4.69) is 32.5 Å². The second-order valence-corrected chi connectivity index (χ2v) is 22.2. The number of alkyl carbamates (subject to hydrolysis) is 2. The molecule has 3 aliphatic carbocycles. The maximum absolute atomic E-state index is 16.7. The van der Waals surface area contributed by atoms with Crippen LogP contribution in [0.25, 0.3) is 44.5 Å². The molecule has 69 heavy (non-hydrogen) atoms. The minimum atomic E-state index is -3.44. The van der Waals surface area contributed by atoms with Crippen molar-refractivity contribution in [2.24, 2.45) is 17.3 Å². The Morgan fingerprint density at radius 1 is 0.899 bits per heavy atom. The summed E-state index contributed by atoms with van der Waals surface area (Å²) in [5.41, 5.74) is 4.08. The molecule has 16 nitrogen and oxygen atoms in total. The van der Waals surface area contributed by atoms with E-state index < -0.39 is 58.0 Å². The fraction of sp³-hybridized carbons (Fsp3) is 0.480. The first-order chi connectivity index (χ1) is 32.7. The summed E-state index contributed by atoms with van der Waals surface area (Å²) >= 11 is 0. The Kier molecular flexibility index (Phi) is 12.3. The van der Waals surface area contributed by atoms with Crippen molar-refractivity contribution in [3.63, 3.8) is 0 Å². The molecule has 3 aromatic carbocycles. The molecule has 0 radical (unpaired) electrons. The summed E-state index contributed by atoms with van der Waals surface area (Å²) in [5, 5.41) is 5.23. The van der Waals surface area contributed by atoms with Crippen LogP contribution in [0.1, 0.15) is 101 Å². The predicted octanol–water partition coefficient (Wildman–Crippen LogP) is 8.02. The van der Waals surface area contributed by atoms with Gasteiger partial charge in [0.05, 0.1) is 55.0 Å². The zero-order valence-electron chi connectivity index (χ0n) is 39.7. The number of alkyl halides is 2. The average molecular weight is 969 g/mol. The van der Waals surface area contributed by atoms with Crippen LogP contribution in [0.3, 0.4) is 0 Å². The maximum atomic E-state index is 16.7. The highest BCUT2D eigenvalue weighted by Crippen LogP contribution is 2.54. The molecule has 3 heterocycles. The van der Waals surface area contributed by atoms with Crippen LogP contribution in [0.4, 0.5) is 18.4 Å². The number of rotatable bonds is 15. The quantitative estimate of drug-likeness (QED) is 0.0794. The molecule has 2 saturated carbocycles. The number of methoxy groups -OCH3 is 2. The van der Waals surface area contributed by atoms with Crippen LogP contribution in [-0.4, -0.2) is 113 Å². The van der Waals surface area contributed by atoms with E-state index in [0.717, 1.165) is 38.4 Å². The molecule has 4 N–H and O–H groups in total. The van der Waals surface area contributed by atoms with Gasteiger partial charge >= 0.3 is 12.2 Å². The summed E-state index contributed by atoms with van der Waals surface area (Å²) in [6.45, 7) is 8.14. The van der Waals surface area contributed by atoms with E-state index in [1.807, 2.05) is 45.0 Å². The number of benzene rings is 3. The third-order valence-corrected chi connectivity index (χ3v) is 15.6. The molecule has 1 saturated heterocycles. The number of ether oxygens (including phenoxy) is 2. The topological polar surface area (TPSA) is 209 Å². The molecule has 2 aromatic heterocycles. The van der Waals surface area contributed by atoms with Crippen molar-refractivity contribution >= 4 is 44.9 Å². The highest BCUT2D eigenvalue weighted by Gasteiger charge is 2.52. The number of hydrogen-bond donors (Lipinski definition) is 4. The first-order valence-electron chi connectivity index (χ1n) is 23.4. The van der Waals surface area contributed by atoms with Gasteiger partial charge in [-0.15, -0.1) is 0 Å². The molecule has 9 rings (SSSR count). The zero-order chi connectivity index (χ0) is 49.3.